The van der Waals surface area contributed by atoms with Crippen LogP contribution in [0.25, 0.3) is 11.1 Å². The number of nitrogens with zero attached hydrogens (tertiary/aromatic N) is 2. The summed E-state index contributed by atoms with van der Waals surface area (Å²) in [5.41, 5.74) is 2.69. The van der Waals surface area contributed by atoms with E-state index in [1.54, 1.807) is 7.11 Å². The van der Waals surface area contributed by atoms with Crippen LogP contribution in [0.4, 0.5) is 0 Å². The molecule has 1 aromatic carbocycles. The molecule has 0 saturated heterocycles. The number of methoxy groups -OCH3 is 1. The van der Waals surface area contributed by atoms with Gasteiger partial charge in [0.05, 0.1) is 5.56 Å². The average molecular weight is 283 g/mol. The van der Waals surface area contributed by atoms with Gasteiger partial charge in [0.2, 0.25) is 0 Å². The van der Waals surface area contributed by atoms with Crippen molar-refractivity contribution in [2.24, 2.45) is 0 Å². The highest BCUT2D eigenvalue weighted by Gasteiger charge is 2.13. The van der Waals surface area contributed by atoms with E-state index < -0.39 is 0 Å². The first-order valence-corrected chi connectivity index (χ1v) is 6.15. The van der Waals surface area contributed by atoms with Gasteiger partial charge in [-0.15, -0.1) is 0 Å². The molecule has 18 heavy (non-hydrogen) atoms. The molecule has 2 aromatic rings. The predicted octanol–water partition coefficient (Wildman–Crippen LogP) is 3.91. The molecule has 0 atom stereocenters. The molecule has 2 rings (SSSR count). The van der Waals surface area contributed by atoms with Gasteiger partial charge in [-0.1, -0.05) is 53.0 Å². The van der Waals surface area contributed by atoms with E-state index in [0.717, 1.165) is 11.1 Å². The fourth-order valence-electron chi connectivity index (χ4n) is 1.68. The molecule has 0 spiro atoms. The van der Waals surface area contributed by atoms with Crippen LogP contribution in [0.5, 0.6) is 0 Å². The third-order valence-corrected chi connectivity index (χ3v) is 2.99. The molecule has 3 nitrogen and oxygen atoms in total. The van der Waals surface area contributed by atoms with E-state index in [2.05, 4.69) is 9.97 Å². The van der Waals surface area contributed by atoms with Crippen molar-refractivity contribution in [1.29, 1.82) is 0 Å². The Morgan fingerprint density at radius 2 is 1.83 bits per heavy atom. The van der Waals surface area contributed by atoms with Crippen molar-refractivity contribution in [3.05, 3.63) is 46.0 Å². The molecule has 5 heteroatoms. The van der Waals surface area contributed by atoms with Gasteiger partial charge >= 0.3 is 0 Å². The fraction of sp³-hybridized carbons (Fsp3) is 0.231. The second kappa shape index (κ2) is 5.65. The predicted molar refractivity (Wildman–Crippen MR) is 72.9 cm³/mol. The molecule has 0 fully saturated rings. The molecular weight excluding hydrogens is 271 g/mol. The monoisotopic (exact) mass is 282 g/mol. The number of hydrogen-bond acceptors (Lipinski definition) is 3. The molecule has 0 bridgehead atoms. The summed E-state index contributed by atoms with van der Waals surface area (Å²) in [5.74, 6) is 0.476. The molecule has 0 amide bonds. The maximum absolute atomic E-state index is 6.17. The summed E-state index contributed by atoms with van der Waals surface area (Å²) in [5, 5.41) is 0.681. The van der Waals surface area contributed by atoms with Gasteiger partial charge in [-0.2, -0.15) is 0 Å². The number of ether oxygens (including phenoxy) is 1. The van der Waals surface area contributed by atoms with Crippen LogP contribution in [0.1, 0.15) is 11.4 Å². The zero-order valence-electron chi connectivity index (χ0n) is 10.1. The number of benzene rings is 1. The second-order valence-corrected chi connectivity index (χ2v) is 4.61. The van der Waals surface area contributed by atoms with E-state index in [9.17, 15) is 0 Å². The van der Waals surface area contributed by atoms with Crippen LogP contribution in [-0.2, 0) is 11.3 Å². The topological polar surface area (TPSA) is 35.0 Å². The molecule has 0 saturated carbocycles. The Balaban J connectivity index is 2.51. The lowest BCUT2D eigenvalue weighted by Gasteiger charge is -2.08. The SMILES string of the molecule is COCc1nc(Cl)c(-c2cccc(C)c2)c(Cl)n1. The van der Waals surface area contributed by atoms with E-state index in [-0.39, 0.29) is 6.61 Å². The maximum Gasteiger partial charge on any atom is 0.157 e. The van der Waals surface area contributed by atoms with Crippen molar-refractivity contribution in [3.8, 4) is 11.1 Å². The molecule has 0 N–H and O–H groups in total. The lowest BCUT2D eigenvalue weighted by Crippen LogP contribution is -1.99. The lowest BCUT2D eigenvalue weighted by molar-refractivity contribution is 0.178. The molecule has 0 unspecified atom stereocenters. The Morgan fingerprint density at radius 3 is 2.39 bits per heavy atom. The Labute approximate surface area is 116 Å². The van der Waals surface area contributed by atoms with Crippen LogP contribution >= 0.6 is 23.2 Å². The normalized spacial score (nSPS) is 10.7. The van der Waals surface area contributed by atoms with Crippen LogP contribution < -0.4 is 0 Å². The number of halogens is 2. The van der Waals surface area contributed by atoms with Gasteiger partial charge in [-0.05, 0) is 12.5 Å². The first kappa shape index (κ1) is 13.3. The van der Waals surface area contributed by atoms with Crippen molar-refractivity contribution in [2.45, 2.75) is 13.5 Å². The average Bonchev–Trinajstić information content (AvgIpc) is 2.28. The van der Waals surface area contributed by atoms with E-state index in [4.69, 9.17) is 27.9 Å². The highest BCUT2D eigenvalue weighted by Crippen LogP contribution is 2.32. The Hall–Kier alpha value is -1.16. The van der Waals surface area contributed by atoms with E-state index in [1.165, 1.54) is 0 Å². The first-order valence-electron chi connectivity index (χ1n) is 5.39. The van der Waals surface area contributed by atoms with E-state index in [0.29, 0.717) is 21.7 Å². The van der Waals surface area contributed by atoms with Crippen LogP contribution in [0, 0.1) is 6.92 Å². The Kier molecular flexibility index (Phi) is 4.17. The minimum absolute atomic E-state index is 0.285. The third kappa shape index (κ3) is 2.80. The van der Waals surface area contributed by atoms with E-state index in [1.807, 2.05) is 31.2 Å². The van der Waals surface area contributed by atoms with Crippen molar-refractivity contribution >= 4 is 23.2 Å². The summed E-state index contributed by atoms with van der Waals surface area (Å²) >= 11 is 12.3. The van der Waals surface area contributed by atoms with Crippen LogP contribution in [0.3, 0.4) is 0 Å². The molecule has 0 aliphatic rings. The summed E-state index contributed by atoms with van der Waals surface area (Å²) in [6.07, 6.45) is 0. The van der Waals surface area contributed by atoms with Gasteiger partial charge in [0.25, 0.3) is 0 Å². The summed E-state index contributed by atoms with van der Waals surface area (Å²) < 4.78 is 4.96. The quantitative estimate of drug-likeness (QED) is 0.801. The van der Waals surface area contributed by atoms with Gasteiger partial charge in [0.1, 0.15) is 16.9 Å². The number of rotatable bonds is 3. The molecule has 94 valence electrons. The second-order valence-electron chi connectivity index (χ2n) is 3.90. The minimum atomic E-state index is 0.285. The van der Waals surface area contributed by atoms with E-state index >= 15 is 0 Å². The summed E-state index contributed by atoms with van der Waals surface area (Å²) in [6.45, 7) is 2.29. The van der Waals surface area contributed by atoms with Gasteiger partial charge in [0, 0.05) is 7.11 Å². The highest BCUT2D eigenvalue weighted by molar-refractivity contribution is 6.37. The zero-order chi connectivity index (χ0) is 13.1. The van der Waals surface area contributed by atoms with Crippen molar-refractivity contribution in [3.63, 3.8) is 0 Å². The largest absolute Gasteiger partial charge is 0.377 e. The van der Waals surface area contributed by atoms with Gasteiger partial charge in [0.15, 0.2) is 5.82 Å². The van der Waals surface area contributed by atoms with Crippen molar-refractivity contribution in [1.82, 2.24) is 9.97 Å². The smallest absolute Gasteiger partial charge is 0.157 e. The highest BCUT2D eigenvalue weighted by atomic mass is 35.5. The molecular formula is C13H12Cl2N2O. The van der Waals surface area contributed by atoms with Gasteiger partial charge < -0.3 is 4.74 Å². The molecule has 1 aromatic heterocycles. The molecule has 0 aliphatic heterocycles. The summed E-state index contributed by atoms with van der Waals surface area (Å²) in [6, 6.07) is 7.87. The number of aromatic nitrogens is 2. The third-order valence-electron chi connectivity index (χ3n) is 2.45. The molecule has 1 heterocycles. The molecule has 0 aliphatic carbocycles. The van der Waals surface area contributed by atoms with Gasteiger partial charge in [-0.25, -0.2) is 9.97 Å². The first-order chi connectivity index (χ1) is 8.61. The van der Waals surface area contributed by atoms with Crippen LogP contribution in [-0.4, -0.2) is 17.1 Å². The molecule has 0 radical (unpaired) electrons. The number of aryl methyl sites for hydroxylation is 1. The fourth-order valence-corrected chi connectivity index (χ4v) is 2.32. The lowest BCUT2D eigenvalue weighted by atomic mass is 10.1. The zero-order valence-corrected chi connectivity index (χ0v) is 11.6. The van der Waals surface area contributed by atoms with Gasteiger partial charge in [-0.3, -0.25) is 0 Å². The summed E-state index contributed by atoms with van der Waals surface area (Å²) in [4.78, 5) is 8.35. The van der Waals surface area contributed by atoms with Crippen LogP contribution in [0.2, 0.25) is 10.3 Å². The Morgan fingerprint density at radius 1 is 1.17 bits per heavy atom. The maximum atomic E-state index is 6.17. The van der Waals surface area contributed by atoms with Crippen molar-refractivity contribution < 1.29 is 4.74 Å². The van der Waals surface area contributed by atoms with Crippen LogP contribution in [0.15, 0.2) is 24.3 Å². The number of hydrogen-bond donors (Lipinski definition) is 0. The Bertz CT molecular complexity index is 550. The summed E-state index contributed by atoms with van der Waals surface area (Å²) in [7, 11) is 1.57. The van der Waals surface area contributed by atoms with Crippen molar-refractivity contribution in [2.75, 3.05) is 7.11 Å². The standard InChI is InChI=1S/C13H12Cl2N2O/c1-8-4-3-5-9(6-8)11-12(14)16-10(7-18-2)17-13(11)15/h3-6H,7H2,1-2H3. The minimum Gasteiger partial charge on any atom is -0.377 e.